The molecule has 1 N–H and O–H groups in total. The van der Waals surface area contributed by atoms with Crippen molar-refractivity contribution >= 4 is 11.0 Å². The highest BCUT2D eigenvalue weighted by atomic mass is 16.3. The molecule has 0 fully saturated rings. The van der Waals surface area contributed by atoms with Crippen LogP contribution in [-0.4, -0.2) is 19.6 Å². The minimum absolute atomic E-state index is 0.130. The highest BCUT2D eigenvalue weighted by molar-refractivity contribution is 5.98. The summed E-state index contributed by atoms with van der Waals surface area (Å²) in [6, 6.07) is 51.4. The standard InChI is InChI=1S/C65H67N3O/c1-41-22-24-42(25-23-41)46-32-33-66-56(38-46)48-34-47(35-50(36-48)63(5,6)7)52-20-17-21-58-59(52)67-61(54-39-51(64(8,9)10)40-55(60(54)69)65(11,12)13)68(58)57-31-28-45(37-53(57)44-18-15-14-16-19-44)43-26-29-49(30-27-43)62(2,3)4/h14-40,69H,1-13H3/i2D3,3D3,4D3. The van der Waals surface area contributed by atoms with Gasteiger partial charge in [-0.15, -0.1) is 0 Å². The number of hydrogen-bond acceptors (Lipinski definition) is 3. The predicted octanol–water partition coefficient (Wildman–Crippen LogP) is 17.6. The molecule has 0 radical (unpaired) electrons. The van der Waals surface area contributed by atoms with Gasteiger partial charge < -0.3 is 5.11 Å². The smallest absolute Gasteiger partial charge is 0.149 e. The number of benzene rings is 7. The Morgan fingerprint density at radius 2 is 1.09 bits per heavy atom. The van der Waals surface area contributed by atoms with Crippen LogP contribution in [0.3, 0.4) is 0 Å². The minimum atomic E-state index is -3.39. The molecule has 0 aliphatic carbocycles. The van der Waals surface area contributed by atoms with Gasteiger partial charge in [-0.3, -0.25) is 9.55 Å². The quantitative estimate of drug-likeness (QED) is 0.173. The van der Waals surface area contributed by atoms with Gasteiger partial charge in [0.25, 0.3) is 0 Å². The van der Waals surface area contributed by atoms with Gasteiger partial charge in [0.2, 0.25) is 0 Å². The van der Waals surface area contributed by atoms with Gasteiger partial charge in [-0.05, 0) is 127 Å². The number of fused-ring (bicyclic) bond motifs is 1. The van der Waals surface area contributed by atoms with Crippen molar-refractivity contribution in [1.29, 1.82) is 0 Å². The molecule has 69 heavy (non-hydrogen) atoms. The Balaban J connectivity index is 1.33. The van der Waals surface area contributed by atoms with Gasteiger partial charge in [-0.1, -0.05) is 198 Å². The number of imidazole rings is 1. The highest BCUT2D eigenvalue weighted by Gasteiger charge is 2.30. The molecule has 348 valence electrons. The summed E-state index contributed by atoms with van der Waals surface area (Å²) in [5.74, 6) is 0.654. The van der Waals surface area contributed by atoms with Crippen molar-refractivity contribution in [3.8, 4) is 78.6 Å². The molecule has 4 nitrogen and oxygen atoms in total. The lowest BCUT2D eigenvalue weighted by Crippen LogP contribution is -2.17. The van der Waals surface area contributed by atoms with Crippen molar-refractivity contribution in [2.24, 2.45) is 0 Å². The van der Waals surface area contributed by atoms with E-state index in [1.54, 1.807) is 12.1 Å². The molecular formula is C65H67N3O. The van der Waals surface area contributed by atoms with Crippen molar-refractivity contribution in [3.63, 3.8) is 0 Å². The highest BCUT2D eigenvalue weighted by Crippen LogP contribution is 2.46. The normalized spacial score (nSPS) is 15.0. The Morgan fingerprint density at radius 3 is 1.74 bits per heavy atom. The van der Waals surface area contributed by atoms with Crippen LogP contribution in [-0.2, 0) is 21.7 Å². The van der Waals surface area contributed by atoms with Crippen molar-refractivity contribution in [1.82, 2.24) is 14.5 Å². The lowest BCUT2D eigenvalue weighted by molar-refractivity contribution is 0.446. The monoisotopic (exact) mass is 915 g/mol. The van der Waals surface area contributed by atoms with E-state index in [1.807, 2.05) is 66.9 Å². The third-order valence-corrected chi connectivity index (χ3v) is 13.2. The first-order valence-electron chi connectivity index (χ1n) is 28.2. The fourth-order valence-electron chi connectivity index (χ4n) is 9.12. The molecule has 0 aliphatic rings. The zero-order valence-corrected chi connectivity index (χ0v) is 41.4. The van der Waals surface area contributed by atoms with E-state index in [-0.39, 0.29) is 22.1 Å². The molecule has 7 aromatic carbocycles. The van der Waals surface area contributed by atoms with Crippen molar-refractivity contribution in [3.05, 3.63) is 192 Å². The molecule has 0 unspecified atom stereocenters. The van der Waals surface area contributed by atoms with Crippen LogP contribution in [0.5, 0.6) is 5.75 Å². The number of hydrogen-bond donors (Lipinski definition) is 1. The summed E-state index contributed by atoms with van der Waals surface area (Å²) < 4.78 is 77.0. The average Bonchev–Trinajstić information content (AvgIpc) is 3.57. The summed E-state index contributed by atoms with van der Waals surface area (Å²) in [6.07, 6.45) is 1.86. The van der Waals surface area contributed by atoms with E-state index in [0.29, 0.717) is 28.0 Å². The Labute approximate surface area is 423 Å². The molecule has 2 heterocycles. The van der Waals surface area contributed by atoms with Crippen LogP contribution >= 0.6 is 0 Å². The maximum atomic E-state index is 12.7. The molecule has 9 aromatic rings. The number of aryl methyl sites for hydroxylation is 1. The molecule has 4 heteroatoms. The third-order valence-electron chi connectivity index (χ3n) is 13.2. The molecule has 0 spiro atoms. The van der Waals surface area contributed by atoms with E-state index >= 15 is 0 Å². The Bertz CT molecular complexity index is 3660. The van der Waals surface area contributed by atoms with Crippen molar-refractivity contribution in [2.45, 2.75) is 111 Å². The van der Waals surface area contributed by atoms with E-state index < -0.39 is 31.4 Å². The van der Waals surface area contributed by atoms with Crippen LogP contribution in [0, 0.1) is 6.92 Å². The first-order chi connectivity index (χ1) is 36.3. The molecule has 0 amide bonds. The fourth-order valence-corrected chi connectivity index (χ4v) is 9.12. The number of nitrogens with zero attached hydrogens (tertiary/aromatic N) is 3. The molecule has 0 saturated carbocycles. The Hall–Kier alpha value is -7.04. The van der Waals surface area contributed by atoms with E-state index in [9.17, 15) is 5.11 Å². The van der Waals surface area contributed by atoms with E-state index in [1.165, 1.54) is 17.7 Å². The summed E-state index contributed by atoms with van der Waals surface area (Å²) in [5, 5.41) is 12.7. The van der Waals surface area contributed by atoms with Crippen molar-refractivity contribution in [2.75, 3.05) is 0 Å². The summed E-state index contributed by atoms with van der Waals surface area (Å²) in [4.78, 5) is 10.6. The molecular weight excluding hydrogens is 839 g/mol. The van der Waals surface area contributed by atoms with E-state index in [2.05, 4.69) is 147 Å². The second-order valence-electron chi connectivity index (χ2n) is 21.6. The van der Waals surface area contributed by atoms with Crippen LogP contribution in [0.2, 0.25) is 0 Å². The third kappa shape index (κ3) is 9.42. The summed E-state index contributed by atoms with van der Waals surface area (Å²) in [7, 11) is 0. The van der Waals surface area contributed by atoms with E-state index in [4.69, 9.17) is 22.3 Å². The molecule has 0 atom stereocenters. The van der Waals surface area contributed by atoms with Gasteiger partial charge >= 0.3 is 0 Å². The second-order valence-corrected chi connectivity index (χ2v) is 21.6. The summed E-state index contributed by atoms with van der Waals surface area (Å²) in [6.45, 7) is 11.3. The SMILES string of the molecule is [2H]C([2H])([2H])C(c1ccc(-c2ccc(-n3c(-c4cc(C(C)(C)C)cc(C(C)(C)C)c4O)nc4c(-c5cc(-c6cc(-c7ccc(C)cc7)ccn6)cc(C(C)(C)C)c5)cccc43)c(-c3ccccc3)c2)cc1)(C([2H])([2H])[2H])C([2H])([2H])[2H]. The number of aromatic hydroxyl groups is 1. The zero-order valence-electron chi connectivity index (χ0n) is 50.4. The summed E-state index contributed by atoms with van der Waals surface area (Å²) in [5.41, 5.74) is 11.3. The second kappa shape index (κ2) is 17.5. The molecule has 0 bridgehead atoms. The topological polar surface area (TPSA) is 50.9 Å². The number of rotatable bonds is 7. The average molecular weight is 915 g/mol. The fraction of sp³-hybridized carbons (Fsp3) is 0.262. The zero-order chi connectivity index (χ0) is 56.7. The Kier molecular flexibility index (Phi) is 9.36. The molecule has 0 saturated heterocycles. The van der Waals surface area contributed by atoms with Crippen molar-refractivity contribution < 1.29 is 17.4 Å². The molecule has 2 aromatic heterocycles. The van der Waals surface area contributed by atoms with Crippen LogP contribution in [0.4, 0.5) is 0 Å². The lowest BCUT2D eigenvalue weighted by atomic mass is 9.79. The van der Waals surface area contributed by atoms with Crippen LogP contribution in [0.25, 0.3) is 83.9 Å². The predicted molar refractivity (Wildman–Crippen MR) is 293 cm³/mol. The van der Waals surface area contributed by atoms with Gasteiger partial charge in [0.05, 0.1) is 28.0 Å². The minimum Gasteiger partial charge on any atom is -0.507 e. The van der Waals surface area contributed by atoms with Gasteiger partial charge in [0.1, 0.15) is 11.6 Å². The molecule has 0 aliphatic heterocycles. The van der Waals surface area contributed by atoms with Crippen LogP contribution < -0.4 is 0 Å². The maximum absolute atomic E-state index is 12.7. The van der Waals surface area contributed by atoms with Crippen LogP contribution in [0.1, 0.15) is 123 Å². The van der Waals surface area contributed by atoms with E-state index in [0.717, 1.165) is 72.5 Å². The number of phenolic OH excluding ortho intramolecular Hbond substituents is 1. The van der Waals surface area contributed by atoms with Gasteiger partial charge in [-0.25, -0.2) is 4.98 Å². The summed E-state index contributed by atoms with van der Waals surface area (Å²) >= 11 is 0. The number of phenols is 1. The number of pyridine rings is 1. The van der Waals surface area contributed by atoms with Gasteiger partial charge in [0, 0.05) is 40.8 Å². The molecule has 9 rings (SSSR count). The van der Waals surface area contributed by atoms with Gasteiger partial charge in [-0.2, -0.15) is 0 Å². The van der Waals surface area contributed by atoms with Crippen LogP contribution in [0.15, 0.2) is 164 Å². The number of aromatic nitrogens is 3. The Morgan fingerprint density at radius 1 is 0.464 bits per heavy atom. The first kappa shape index (κ1) is 36.9. The number of para-hydroxylation sites is 1. The maximum Gasteiger partial charge on any atom is 0.149 e. The first-order valence-corrected chi connectivity index (χ1v) is 23.7. The largest absolute Gasteiger partial charge is 0.507 e. The van der Waals surface area contributed by atoms with Gasteiger partial charge in [0.15, 0.2) is 0 Å². The lowest BCUT2D eigenvalue weighted by Gasteiger charge is -2.27.